The summed E-state index contributed by atoms with van der Waals surface area (Å²) in [4.78, 5) is 4.57. The Kier molecular flexibility index (Phi) is 3.76. The van der Waals surface area contributed by atoms with Gasteiger partial charge in [0.15, 0.2) is 5.65 Å². The Labute approximate surface area is 151 Å². The maximum Gasteiger partial charge on any atom is 0.216 e. The van der Waals surface area contributed by atoms with E-state index in [9.17, 15) is 4.39 Å². The quantitative estimate of drug-likeness (QED) is 0.660. The molecule has 26 heavy (non-hydrogen) atoms. The van der Waals surface area contributed by atoms with Crippen LogP contribution in [0.15, 0.2) is 36.7 Å². The molecule has 1 aliphatic carbocycles. The number of halogens is 1. The van der Waals surface area contributed by atoms with E-state index in [4.69, 9.17) is 4.74 Å². The van der Waals surface area contributed by atoms with E-state index in [1.165, 1.54) is 25.3 Å². The molecule has 0 radical (unpaired) electrons. The summed E-state index contributed by atoms with van der Waals surface area (Å²) >= 11 is 0. The fraction of sp³-hybridized carbons (Fsp3) is 0.400. The number of benzene rings is 1. The Balaban J connectivity index is 1.62. The third-order valence-corrected chi connectivity index (χ3v) is 5.72. The van der Waals surface area contributed by atoms with Crippen molar-refractivity contribution in [3.63, 3.8) is 0 Å². The van der Waals surface area contributed by atoms with Crippen LogP contribution in [0, 0.1) is 17.7 Å². The second kappa shape index (κ2) is 6.27. The topological polar surface area (TPSA) is 51.5 Å². The van der Waals surface area contributed by atoms with E-state index in [2.05, 4.69) is 15.4 Å². The zero-order valence-electron chi connectivity index (χ0n) is 14.5. The summed E-state index contributed by atoms with van der Waals surface area (Å²) in [5.74, 6) is 1.60. The van der Waals surface area contributed by atoms with Crippen LogP contribution in [0.25, 0.3) is 16.8 Å². The Morgan fingerprint density at radius 1 is 1.12 bits per heavy atom. The lowest BCUT2D eigenvalue weighted by Crippen LogP contribution is -2.20. The monoisotopic (exact) mass is 352 g/mol. The fourth-order valence-electron chi connectivity index (χ4n) is 4.29. The van der Waals surface area contributed by atoms with Crippen LogP contribution in [0.4, 0.5) is 10.1 Å². The second-order valence-corrected chi connectivity index (χ2v) is 7.26. The number of anilines is 1. The summed E-state index contributed by atoms with van der Waals surface area (Å²) in [6, 6.07) is 7.00. The Morgan fingerprint density at radius 3 is 3.00 bits per heavy atom. The Morgan fingerprint density at radius 2 is 2.04 bits per heavy atom. The molecule has 2 aliphatic rings. The smallest absolute Gasteiger partial charge is 0.216 e. The average molecular weight is 352 g/mol. The van der Waals surface area contributed by atoms with Gasteiger partial charge in [-0.1, -0.05) is 6.42 Å². The van der Waals surface area contributed by atoms with Crippen LogP contribution in [-0.4, -0.2) is 27.7 Å². The van der Waals surface area contributed by atoms with E-state index in [0.29, 0.717) is 41.1 Å². The average Bonchev–Trinajstić information content (AvgIpc) is 3.27. The molecule has 2 aromatic heterocycles. The van der Waals surface area contributed by atoms with Crippen LogP contribution in [0.3, 0.4) is 0 Å². The molecular weight excluding hydrogens is 331 g/mol. The minimum absolute atomic E-state index is 0.274. The van der Waals surface area contributed by atoms with E-state index in [1.807, 2.05) is 24.4 Å². The van der Waals surface area contributed by atoms with Crippen LogP contribution < -0.4 is 10.1 Å². The van der Waals surface area contributed by atoms with Gasteiger partial charge in [0.25, 0.3) is 0 Å². The Hall–Kier alpha value is -2.63. The predicted octanol–water partition coefficient (Wildman–Crippen LogP) is 4.15. The number of aromatic nitrogens is 3. The van der Waals surface area contributed by atoms with Crippen molar-refractivity contribution in [2.45, 2.75) is 25.7 Å². The molecule has 1 fully saturated rings. The first-order valence-electron chi connectivity index (χ1n) is 9.29. The van der Waals surface area contributed by atoms with Crippen LogP contribution in [0.2, 0.25) is 0 Å². The highest BCUT2D eigenvalue weighted by molar-refractivity contribution is 5.79. The van der Waals surface area contributed by atoms with Crippen molar-refractivity contribution in [2.24, 2.45) is 11.8 Å². The normalized spacial score (nSPS) is 22.5. The van der Waals surface area contributed by atoms with Gasteiger partial charge in [0.05, 0.1) is 12.8 Å². The maximum atomic E-state index is 14.5. The molecule has 1 saturated carbocycles. The van der Waals surface area contributed by atoms with Gasteiger partial charge >= 0.3 is 0 Å². The van der Waals surface area contributed by atoms with E-state index in [0.717, 1.165) is 18.7 Å². The molecule has 6 heteroatoms. The molecule has 2 atom stereocenters. The van der Waals surface area contributed by atoms with Crippen molar-refractivity contribution in [1.29, 1.82) is 0 Å². The summed E-state index contributed by atoms with van der Waals surface area (Å²) in [5.41, 5.74) is 2.73. The maximum absolute atomic E-state index is 14.5. The molecule has 0 spiro atoms. The summed E-state index contributed by atoms with van der Waals surface area (Å²) in [5, 5.41) is 7.82. The number of ether oxygens (including phenoxy) is 1. The second-order valence-electron chi connectivity index (χ2n) is 7.26. The van der Waals surface area contributed by atoms with E-state index < -0.39 is 0 Å². The fourth-order valence-corrected chi connectivity index (χ4v) is 4.29. The van der Waals surface area contributed by atoms with Gasteiger partial charge in [0, 0.05) is 35.6 Å². The summed E-state index contributed by atoms with van der Waals surface area (Å²) < 4.78 is 22.1. The molecule has 1 N–H and O–H groups in total. The number of hydrogen-bond donors (Lipinski definition) is 1. The van der Waals surface area contributed by atoms with Crippen LogP contribution >= 0.6 is 0 Å². The van der Waals surface area contributed by atoms with Crippen LogP contribution in [-0.2, 0) is 0 Å². The van der Waals surface area contributed by atoms with Gasteiger partial charge in [0.1, 0.15) is 5.82 Å². The van der Waals surface area contributed by atoms with Gasteiger partial charge in [-0.05, 0) is 49.3 Å². The third-order valence-electron chi connectivity index (χ3n) is 5.72. The van der Waals surface area contributed by atoms with Crippen molar-refractivity contribution in [2.75, 3.05) is 18.5 Å². The summed E-state index contributed by atoms with van der Waals surface area (Å²) in [6.07, 6.45) is 8.28. The highest BCUT2D eigenvalue weighted by Gasteiger charge is 2.27. The molecule has 1 aromatic carbocycles. The number of nitrogens with one attached hydrogen (secondary N) is 1. The first-order valence-corrected chi connectivity index (χ1v) is 9.29. The largest absolute Gasteiger partial charge is 0.478 e. The molecule has 3 heterocycles. The van der Waals surface area contributed by atoms with Crippen molar-refractivity contribution in [1.82, 2.24) is 14.6 Å². The molecule has 134 valence electrons. The van der Waals surface area contributed by atoms with Gasteiger partial charge in [0.2, 0.25) is 5.88 Å². The zero-order valence-corrected chi connectivity index (χ0v) is 14.5. The number of nitrogens with zero attached hydrogens (tertiary/aromatic N) is 3. The van der Waals surface area contributed by atoms with E-state index in [1.54, 1.807) is 10.7 Å². The third kappa shape index (κ3) is 2.69. The standard InChI is InChI=1S/C20H21FN4O/c21-18-5-4-15-10-16(18)17-12-23-25-8-6-19(24-20(17)25)26-9-7-13-2-1-3-14(13)11-22-15/h4-6,8,10,12-14,22H,1-3,7,9,11H2/t13?,14-/m1/s1. The van der Waals surface area contributed by atoms with Gasteiger partial charge in [-0.25, -0.2) is 8.91 Å². The van der Waals surface area contributed by atoms with Crippen molar-refractivity contribution < 1.29 is 9.13 Å². The summed E-state index contributed by atoms with van der Waals surface area (Å²) in [6.45, 7) is 1.58. The molecule has 0 saturated heterocycles. The number of rotatable bonds is 0. The van der Waals surface area contributed by atoms with Crippen molar-refractivity contribution >= 4 is 11.3 Å². The summed E-state index contributed by atoms with van der Waals surface area (Å²) in [7, 11) is 0. The van der Waals surface area contributed by atoms with Gasteiger partial charge in [-0.3, -0.25) is 0 Å². The highest BCUT2D eigenvalue weighted by atomic mass is 19.1. The molecule has 5 nitrogen and oxygen atoms in total. The van der Waals surface area contributed by atoms with Crippen molar-refractivity contribution in [3.05, 3.63) is 42.5 Å². The molecule has 4 bridgehead atoms. The lowest BCUT2D eigenvalue weighted by molar-refractivity contribution is 0.249. The first kappa shape index (κ1) is 15.6. The molecule has 3 aromatic rings. The zero-order chi connectivity index (χ0) is 17.5. The van der Waals surface area contributed by atoms with Crippen LogP contribution in [0.1, 0.15) is 25.7 Å². The molecule has 5 rings (SSSR count). The minimum atomic E-state index is -0.274. The van der Waals surface area contributed by atoms with Gasteiger partial charge in [-0.15, -0.1) is 0 Å². The predicted molar refractivity (Wildman–Crippen MR) is 97.8 cm³/mol. The number of fused-ring (bicyclic) bond motifs is 5. The van der Waals surface area contributed by atoms with Gasteiger partial charge in [-0.2, -0.15) is 10.1 Å². The highest BCUT2D eigenvalue weighted by Crippen LogP contribution is 2.35. The van der Waals surface area contributed by atoms with Crippen LogP contribution in [0.5, 0.6) is 5.88 Å². The SMILES string of the molecule is Fc1ccc2cc1-c1cnn3ccc(nc13)OCCC1CCC[C@@H]1CN2. The molecular formula is C20H21FN4O. The lowest BCUT2D eigenvalue weighted by Gasteiger charge is -2.21. The molecule has 1 aliphatic heterocycles. The van der Waals surface area contributed by atoms with E-state index in [-0.39, 0.29) is 5.82 Å². The lowest BCUT2D eigenvalue weighted by atomic mass is 9.93. The Bertz CT molecular complexity index is 954. The first-order chi connectivity index (χ1) is 12.8. The van der Waals surface area contributed by atoms with E-state index >= 15 is 0 Å². The van der Waals surface area contributed by atoms with Crippen molar-refractivity contribution in [3.8, 4) is 17.0 Å². The molecule has 1 unspecified atom stereocenters. The van der Waals surface area contributed by atoms with Gasteiger partial charge < -0.3 is 10.1 Å². The number of hydrogen-bond acceptors (Lipinski definition) is 4. The molecule has 0 amide bonds. The minimum Gasteiger partial charge on any atom is -0.478 e.